The van der Waals surface area contributed by atoms with Gasteiger partial charge in [-0.3, -0.25) is 4.79 Å². The molecular formula is C18H22N2O3S. The molecule has 2 N–H and O–H groups in total. The summed E-state index contributed by atoms with van der Waals surface area (Å²) in [6.45, 7) is 3.95. The minimum Gasteiger partial charge on any atom is -0.371 e. The lowest BCUT2D eigenvalue weighted by molar-refractivity contribution is 0.0939. The first kappa shape index (κ1) is 18.0. The Labute approximate surface area is 143 Å². The summed E-state index contributed by atoms with van der Waals surface area (Å²) in [5.41, 5.74) is 1.20. The van der Waals surface area contributed by atoms with Gasteiger partial charge in [0, 0.05) is 17.3 Å². The van der Waals surface area contributed by atoms with Crippen molar-refractivity contribution in [3.8, 4) is 0 Å². The van der Waals surface area contributed by atoms with Crippen molar-refractivity contribution in [1.29, 1.82) is 0 Å². The third-order valence-corrected chi connectivity index (χ3v) is 5.22. The van der Waals surface area contributed by atoms with Gasteiger partial charge in [0.15, 0.2) is 9.84 Å². The number of nitrogens with one attached hydrogen (secondary N) is 2. The van der Waals surface area contributed by atoms with Gasteiger partial charge in [0.1, 0.15) is 5.88 Å². The fourth-order valence-corrected chi connectivity index (χ4v) is 3.13. The topological polar surface area (TPSA) is 75.3 Å². The Morgan fingerprint density at radius 3 is 2.25 bits per heavy atom. The van der Waals surface area contributed by atoms with Crippen LogP contribution in [0.4, 0.5) is 5.69 Å². The monoisotopic (exact) mass is 346 g/mol. The van der Waals surface area contributed by atoms with Gasteiger partial charge in [-0.05, 0) is 49.7 Å². The van der Waals surface area contributed by atoms with Gasteiger partial charge in [-0.15, -0.1) is 0 Å². The first-order valence-corrected chi connectivity index (χ1v) is 9.50. The van der Waals surface area contributed by atoms with Gasteiger partial charge >= 0.3 is 0 Å². The number of sulfone groups is 1. The van der Waals surface area contributed by atoms with E-state index in [-0.39, 0.29) is 22.7 Å². The smallest absolute Gasteiger partial charge is 0.251 e. The van der Waals surface area contributed by atoms with E-state index in [4.69, 9.17) is 0 Å². The zero-order chi connectivity index (χ0) is 17.6. The van der Waals surface area contributed by atoms with Crippen LogP contribution in [0.15, 0.2) is 59.5 Å². The van der Waals surface area contributed by atoms with Crippen LogP contribution in [0.3, 0.4) is 0 Å². The normalized spacial score (nSPS) is 12.4. The third kappa shape index (κ3) is 4.83. The molecule has 0 aliphatic carbocycles. The summed E-state index contributed by atoms with van der Waals surface area (Å²) in [5, 5.41) is 5.77. The Kier molecular flexibility index (Phi) is 5.98. The van der Waals surface area contributed by atoms with E-state index >= 15 is 0 Å². The molecule has 1 atom stereocenters. The zero-order valence-electron chi connectivity index (χ0n) is 13.8. The van der Waals surface area contributed by atoms with Crippen molar-refractivity contribution < 1.29 is 13.2 Å². The molecule has 0 saturated heterocycles. The molecule has 1 amide bonds. The van der Waals surface area contributed by atoms with Crippen LogP contribution < -0.4 is 10.6 Å². The van der Waals surface area contributed by atoms with Gasteiger partial charge in [-0.2, -0.15) is 0 Å². The standard InChI is InChI=1S/C18H22N2O3S/c1-3-14(2)20-18(21)15-9-11-16(12-10-15)19-13-24(22,23)17-7-5-4-6-8-17/h4-12,14,19H,3,13H2,1-2H3,(H,20,21). The summed E-state index contributed by atoms with van der Waals surface area (Å²) >= 11 is 0. The van der Waals surface area contributed by atoms with E-state index in [1.54, 1.807) is 54.6 Å². The Balaban J connectivity index is 1.98. The third-order valence-electron chi connectivity index (χ3n) is 3.71. The molecule has 0 spiro atoms. The average Bonchev–Trinajstić information content (AvgIpc) is 2.61. The molecule has 0 radical (unpaired) electrons. The zero-order valence-corrected chi connectivity index (χ0v) is 14.6. The van der Waals surface area contributed by atoms with Crippen LogP contribution in [0.25, 0.3) is 0 Å². The highest BCUT2D eigenvalue weighted by Crippen LogP contribution is 2.14. The molecule has 5 nitrogen and oxygen atoms in total. The molecule has 0 bridgehead atoms. The summed E-state index contributed by atoms with van der Waals surface area (Å²) in [4.78, 5) is 12.3. The molecule has 1 unspecified atom stereocenters. The second kappa shape index (κ2) is 7.97. The Morgan fingerprint density at radius 2 is 1.67 bits per heavy atom. The van der Waals surface area contributed by atoms with E-state index in [1.807, 2.05) is 13.8 Å². The Morgan fingerprint density at radius 1 is 1.04 bits per heavy atom. The van der Waals surface area contributed by atoms with Gasteiger partial charge < -0.3 is 10.6 Å². The molecule has 0 fully saturated rings. The number of rotatable bonds is 7. The molecule has 0 saturated carbocycles. The van der Waals surface area contributed by atoms with Crippen LogP contribution in [0.2, 0.25) is 0 Å². The quantitative estimate of drug-likeness (QED) is 0.808. The van der Waals surface area contributed by atoms with Crippen molar-refractivity contribution in [1.82, 2.24) is 5.32 Å². The van der Waals surface area contributed by atoms with Crippen LogP contribution in [-0.4, -0.2) is 26.2 Å². The number of benzene rings is 2. The van der Waals surface area contributed by atoms with Gasteiger partial charge in [-0.25, -0.2) is 8.42 Å². The molecule has 6 heteroatoms. The predicted molar refractivity (Wildman–Crippen MR) is 95.8 cm³/mol. The maximum Gasteiger partial charge on any atom is 0.251 e. The van der Waals surface area contributed by atoms with Crippen molar-refractivity contribution in [2.24, 2.45) is 0 Å². The second-order valence-electron chi connectivity index (χ2n) is 5.61. The van der Waals surface area contributed by atoms with Crippen molar-refractivity contribution in [2.75, 3.05) is 11.2 Å². The number of carbonyl (C=O) groups excluding carboxylic acids is 1. The molecule has 24 heavy (non-hydrogen) atoms. The van der Waals surface area contributed by atoms with Gasteiger partial charge in [-0.1, -0.05) is 25.1 Å². The van der Waals surface area contributed by atoms with E-state index in [0.29, 0.717) is 11.3 Å². The van der Waals surface area contributed by atoms with Crippen LogP contribution in [0, 0.1) is 0 Å². The highest BCUT2D eigenvalue weighted by Gasteiger charge is 2.13. The molecule has 2 rings (SSSR count). The summed E-state index contributed by atoms with van der Waals surface area (Å²) in [6, 6.07) is 15.2. The fourth-order valence-electron chi connectivity index (χ4n) is 2.04. The molecular weight excluding hydrogens is 324 g/mol. The van der Waals surface area contributed by atoms with E-state index in [9.17, 15) is 13.2 Å². The predicted octanol–water partition coefficient (Wildman–Crippen LogP) is 3.06. The van der Waals surface area contributed by atoms with E-state index in [1.165, 1.54) is 0 Å². The van der Waals surface area contributed by atoms with Crippen LogP contribution in [-0.2, 0) is 9.84 Å². The minimum absolute atomic E-state index is 0.117. The highest BCUT2D eigenvalue weighted by atomic mass is 32.2. The van der Waals surface area contributed by atoms with Crippen molar-refractivity contribution in [3.05, 3.63) is 60.2 Å². The summed E-state index contributed by atoms with van der Waals surface area (Å²) in [6.07, 6.45) is 0.864. The first-order chi connectivity index (χ1) is 11.4. The molecule has 0 aliphatic heterocycles. The Bertz CT molecular complexity index is 772. The molecule has 2 aromatic rings. The number of amides is 1. The Hall–Kier alpha value is -2.34. The van der Waals surface area contributed by atoms with E-state index in [2.05, 4.69) is 10.6 Å². The summed E-state index contributed by atoms with van der Waals surface area (Å²) < 4.78 is 24.4. The highest BCUT2D eigenvalue weighted by molar-refractivity contribution is 7.91. The van der Waals surface area contributed by atoms with Crippen LogP contribution in [0.5, 0.6) is 0 Å². The molecule has 0 aromatic heterocycles. The lowest BCUT2D eigenvalue weighted by Crippen LogP contribution is -2.31. The van der Waals surface area contributed by atoms with Gasteiger partial charge in [0.2, 0.25) is 0 Å². The molecule has 0 aliphatic rings. The minimum atomic E-state index is -3.39. The lowest BCUT2D eigenvalue weighted by atomic mass is 10.1. The molecule has 0 heterocycles. The van der Waals surface area contributed by atoms with Crippen LogP contribution >= 0.6 is 0 Å². The van der Waals surface area contributed by atoms with E-state index < -0.39 is 9.84 Å². The van der Waals surface area contributed by atoms with Crippen molar-refractivity contribution >= 4 is 21.4 Å². The molecule has 128 valence electrons. The molecule has 2 aromatic carbocycles. The number of carbonyl (C=O) groups is 1. The largest absolute Gasteiger partial charge is 0.371 e. The first-order valence-electron chi connectivity index (χ1n) is 7.85. The number of anilines is 1. The summed E-state index contributed by atoms with van der Waals surface area (Å²) in [5.74, 6) is -0.331. The number of hydrogen-bond donors (Lipinski definition) is 2. The fraction of sp³-hybridized carbons (Fsp3) is 0.278. The SMILES string of the molecule is CCC(C)NC(=O)c1ccc(NCS(=O)(=O)c2ccccc2)cc1. The second-order valence-corrected chi connectivity index (χ2v) is 7.60. The maximum absolute atomic E-state index is 12.2. The van der Waals surface area contributed by atoms with Crippen LogP contribution in [0.1, 0.15) is 30.6 Å². The maximum atomic E-state index is 12.2. The van der Waals surface area contributed by atoms with E-state index in [0.717, 1.165) is 6.42 Å². The summed E-state index contributed by atoms with van der Waals surface area (Å²) in [7, 11) is -3.39. The number of hydrogen-bond acceptors (Lipinski definition) is 4. The lowest BCUT2D eigenvalue weighted by Gasteiger charge is -2.12. The van der Waals surface area contributed by atoms with Crippen molar-refractivity contribution in [3.63, 3.8) is 0 Å². The average molecular weight is 346 g/mol. The van der Waals surface area contributed by atoms with Gasteiger partial charge in [0.25, 0.3) is 5.91 Å². The van der Waals surface area contributed by atoms with Crippen molar-refractivity contribution in [2.45, 2.75) is 31.2 Å². The van der Waals surface area contributed by atoms with Gasteiger partial charge in [0.05, 0.1) is 4.90 Å².